The van der Waals surface area contributed by atoms with Gasteiger partial charge in [0.15, 0.2) is 5.82 Å². The number of hydrogen-bond acceptors (Lipinski definition) is 4. The van der Waals surface area contributed by atoms with E-state index in [1.165, 1.54) is 28.1 Å². The molecular weight excluding hydrogens is 440 g/mol. The summed E-state index contributed by atoms with van der Waals surface area (Å²) in [6, 6.07) is 20.1. The summed E-state index contributed by atoms with van der Waals surface area (Å²) < 4.78 is 0. The van der Waals surface area contributed by atoms with Crippen molar-refractivity contribution in [2.24, 2.45) is 5.41 Å². The molecule has 0 fully saturated rings. The van der Waals surface area contributed by atoms with Gasteiger partial charge in [0.25, 0.3) is 0 Å². The number of para-hydroxylation sites is 1. The summed E-state index contributed by atoms with van der Waals surface area (Å²) >= 11 is 0. The van der Waals surface area contributed by atoms with E-state index in [0.29, 0.717) is 11.5 Å². The summed E-state index contributed by atoms with van der Waals surface area (Å²) in [6.07, 6.45) is 5.02. The number of hydrogen-bond donors (Lipinski definition) is 0. The van der Waals surface area contributed by atoms with E-state index in [2.05, 4.69) is 107 Å². The normalized spacial score (nSPS) is 19.9. The molecule has 0 bridgehead atoms. The monoisotopic (exact) mass is 478 g/mol. The zero-order valence-electron chi connectivity index (χ0n) is 22.8. The van der Waals surface area contributed by atoms with Gasteiger partial charge in [-0.1, -0.05) is 71.9 Å². The Morgan fingerprint density at radius 3 is 2.28 bits per heavy atom. The summed E-state index contributed by atoms with van der Waals surface area (Å²) in [5, 5.41) is 9.76. The minimum atomic E-state index is 0.00798. The molecule has 4 nitrogen and oxygen atoms in total. The van der Waals surface area contributed by atoms with Crippen molar-refractivity contribution >= 4 is 22.9 Å². The average Bonchev–Trinajstić information content (AvgIpc) is 3.22. The van der Waals surface area contributed by atoms with E-state index in [0.717, 1.165) is 30.8 Å². The quantitative estimate of drug-likeness (QED) is 0.377. The summed E-state index contributed by atoms with van der Waals surface area (Å²) in [4.78, 5) is 9.92. The number of nitriles is 1. The molecule has 186 valence electrons. The highest BCUT2D eigenvalue weighted by Crippen LogP contribution is 2.63. The van der Waals surface area contributed by atoms with Gasteiger partial charge in [0, 0.05) is 23.0 Å². The van der Waals surface area contributed by atoms with Crippen molar-refractivity contribution in [1.82, 2.24) is 4.98 Å². The molecule has 2 aromatic carbocycles. The maximum absolute atomic E-state index is 9.76. The van der Waals surface area contributed by atoms with Gasteiger partial charge in [0.05, 0.1) is 11.3 Å². The van der Waals surface area contributed by atoms with Crippen molar-refractivity contribution in [2.45, 2.75) is 85.2 Å². The van der Waals surface area contributed by atoms with Crippen molar-refractivity contribution in [3.05, 3.63) is 77.0 Å². The molecule has 0 N–H and O–H groups in total. The predicted molar refractivity (Wildman–Crippen MR) is 149 cm³/mol. The van der Waals surface area contributed by atoms with E-state index in [9.17, 15) is 5.26 Å². The van der Waals surface area contributed by atoms with Gasteiger partial charge in [-0.3, -0.25) is 0 Å². The van der Waals surface area contributed by atoms with Crippen LogP contribution in [0.5, 0.6) is 0 Å². The number of nitrogens with zero attached hydrogens (tertiary/aromatic N) is 4. The number of aryl methyl sites for hydroxylation is 1. The number of benzene rings is 2. The van der Waals surface area contributed by atoms with E-state index in [1.807, 2.05) is 6.07 Å². The predicted octanol–water partition coefficient (Wildman–Crippen LogP) is 8.49. The van der Waals surface area contributed by atoms with E-state index in [1.54, 1.807) is 6.20 Å². The van der Waals surface area contributed by atoms with Crippen molar-refractivity contribution in [3.8, 4) is 6.07 Å². The van der Waals surface area contributed by atoms with Crippen LogP contribution >= 0.6 is 0 Å². The second-order valence-corrected chi connectivity index (χ2v) is 11.5. The summed E-state index contributed by atoms with van der Waals surface area (Å²) in [5.74, 6) is 1.37. The summed E-state index contributed by atoms with van der Waals surface area (Å²) in [7, 11) is 0. The summed E-state index contributed by atoms with van der Waals surface area (Å²) in [5.41, 5.74) is 8.22. The largest absolute Gasteiger partial charge is 0.316 e. The van der Waals surface area contributed by atoms with Gasteiger partial charge in [-0.2, -0.15) is 5.26 Å². The first-order valence-corrected chi connectivity index (χ1v) is 13.4. The van der Waals surface area contributed by atoms with Crippen LogP contribution in [0.2, 0.25) is 0 Å². The molecule has 2 aliphatic heterocycles. The molecule has 5 rings (SSSR count). The Labute approximate surface area is 216 Å². The van der Waals surface area contributed by atoms with Crippen molar-refractivity contribution in [1.29, 1.82) is 5.26 Å². The highest BCUT2D eigenvalue weighted by molar-refractivity contribution is 5.89. The van der Waals surface area contributed by atoms with Crippen LogP contribution in [0.25, 0.3) is 0 Å². The molecule has 2 atom stereocenters. The maximum atomic E-state index is 9.76. The number of aromatic nitrogens is 1. The van der Waals surface area contributed by atoms with E-state index in [-0.39, 0.29) is 17.0 Å². The lowest BCUT2D eigenvalue weighted by atomic mass is 9.61. The first-order chi connectivity index (χ1) is 17.2. The number of rotatable bonds is 4. The molecule has 4 heteroatoms. The molecular formula is C32H38N4. The molecule has 0 saturated carbocycles. The number of pyridine rings is 1. The van der Waals surface area contributed by atoms with Gasteiger partial charge in [-0.25, -0.2) is 4.98 Å². The van der Waals surface area contributed by atoms with Crippen LogP contribution in [0.1, 0.15) is 89.0 Å². The van der Waals surface area contributed by atoms with Crippen LogP contribution in [-0.4, -0.2) is 11.1 Å². The minimum Gasteiger partial charge on any atom is -0.316 e. The summed E-state index contributed by atoms with van der Waals surface area (Å²) in [6.45, 7) is 16.1. The van der Waals surface area contributed by atoms with Crippen molar-refractivity contribution < 1.29 is 0 Å². The second-order valence-electron chi connectivity index (χ2n) is 11.5. The lowest BCUT2D eigenvalue weighted by Gasteiger charge is -2.55. The molecule has 0 amide bonds. The first-order valence-electron chi connectivity index (χ1n) is 13.4. The van der Waals surface area contributed by atoms with Crippen LogP contribution in [0.4, 0.5) is 22.9 Å². The molecule has 0 spiro atoms. The van der Waals surface area contributed by atoms with Gasteiger partial charge in [-0.05, 0) is 72.4 Å². The molecule has 36 heavy (non-hydrogen) atoms. The molecule has 2 unspecified atom stereocenters. The Morgan fingerprint density at radius 2 is 1.67 bits per heavy atom. The zero-order valence-corrected chi connectivity index (χ0v) is 22.8. The topological polar surface area (TPSA) is 43.2 Å². The van der Waals surface area contributed by atoms with Gasteiger partial charge >= 0.3 is 0 Å². The number of anilines is 4. The second kappa shape index (κ2) is 8.66. The Hall–Kier alpha value is -3.32. The van der Waals surface area contributed by atoms with Gasteiger partial charge in [0.2, 0.25) is 0 Å². The molecule has 0 radical (unpaired) electrons. The molecule has 0 saturated heterocycles. The SMILES string of the molecule is CCC1c2cc(C(C)(C)C)ccc2N2c3ncc(C#N)cc3N(c3ccccc3C)C2C1(CC)CC. The standard InChI is InChI=1S/C32H38N4/c1-8-25-24-18-23(31(5,6)7)15-16-27(24)36-29-28(17-22(19-33)20-34-29)35(26-14-12-11-13-21(26)4)30(36)32(25,9-2)10-3/h11-18,20,25,30H,8-10H2,1-7H3. The van der Waals surface area contributed by atoms with Gasteiger partial charge in [0.1, 0.15) is 12.2 Å². The van der Waals surface area contributed by atoms with Gasteiger partial charge in [-0.15, -0.1) is 0 Å². The van der Waals surface area contributed by atoms with Crippen LogP contribution in [-0.2, 0) is 5.41 Å². The Balaban J connectivity index is 1.87. The molecule has 0 aliphatic carbocycles. The van der Waals surface area contributed by atoms with Crippen molar-refractivity contribution in [2.75, 3.05) is 9.80 Å². The van der Waals surface area contributed by atoms with E-state index < -0.39 is 0 Å². The lowest BCUT2D eigenvalue weighted by molar-refractivity contribution is 0.143. The molecule has 2 aliphatic rings. The smallest absolute Gasteiger partial charge is 0.158 e. The fourth-order valence-corrected chi connectivity index (χ4v) is 6.83. The van der Waals surface area contributed by atoms with Crippen LogP contribution in [0.3, 0.4) is 0 Å². The highest BCUT2D eigenvalue weighted by Gasteiger charge is 2.57. The number of fused-ring (bicyclic) bond motifs is 5. The Bertz CT molecular complexity index is 1340. The average molecular weight is 479 g/mol. The lowest BCUT2D eigenvalue weighted by Crippen LogP contribution is -2.57. The van der Waals surface area contributed by atoms with Crippen LogP contribution in [0.15, 0.2) is 54.7 Å². The van der Waals surface area contributed by atoms with E-state index >= 15 is 0 Å². The fourth-order valence-electron chi connectivity index (χ4n) is 6.83. The molecule has 3 heterocycles. The van der Waals surface area contributed by atoms with E-state index in [4.69, 9.17) is 4.98 Å². The van der Waals surface area contributed by atoms with Gasteiger partial charge < -0.3 is 9.80 Å². The van der Waals surface area contributed by atoms with Crippen LogP contribution in [0, 0.1) is 23.7 Å². The molecule has 1 aromatic heterocycles. The first kappa shape index (κ1) is 24.4. The Kier molecular flexibility index (Phi) is 5.86. The highest BCUT2D eigenvalue weighted by atomic mass is 15.5. The molecule has 3 aromatic rings. The minimum absolute atomic E-state index is 0.00798. The van der Waals surface area contributed by atoms with Crippen LogP contribution < -0.4 is 9.80 Å². The Morgan fingerprint density at radius 1 is 0.944 bits per heavy atom. The third-order valence-corrected chi connectivity index (χ3v) is 8.79. The third-order valence-electron chi connectivity index (χ3n) is 8.79. The zero-order chi connectivity index (χ0) is 25.8. The maximum Gasteiger partial charge on any atom is 0.158 e. The fraction of sp³-hybridized carbons (Fsp3) is 0.438. The third kappa shape index (κ3) is 3.36. The van der Waals surface area contributed by atoms with Crippen molar-refractivity contribution in [3.63, 3.8) is 0 Å².